The van der Waals surface area contributed by atoms with Gasteiger partial charge in [-0.3, -0.25) is 0 Å². The monoisotopic (exact) mass is 467 g/mol. The second-order valence-corrected chi connectivity index (χ2v) is 8.21. The van der Waals surface area contributed by atoms with E-state index in [1.165, 1.54) is 0 Å². The summed E-state index contributed by atoms with van der Waals surface area (Å²) >= 11 is 0. The van der Waals surface area contributed by atoms with Crippen LogP contribution < -0.4 is 0 Å². The van der Waals surface area contributed by atoms with Gasteiger partial charge >= 0.3 is 0 Å². The molecule has 0 unspecified atom stereocenters. The van der Waals surface area contributed by atoms with Gasteiger partial charge < -0.3 is 4.42 Å². The zero-order valence-electron chi connectivity index (χ0n) is 19.3. The van der Waals surface area contributed by atoms with Crippen LogP contribution in [0.3, 0.4) is 0 Å². The van der Waals surface area contributed by atoms with Crippen molar-refractivity contribution in [2.45, 2.75) is 0 Å². The third-order valence-corrected chi connectivity index (χ3v) is 5.76. The highest BCUT2D eigenvalue weighted by molar-refractivity contribution is 5.72. The number of nitrogens with zero attached hydrogens (tertiary/aromatic N) is 5. The molecule has 0 saturated heterocycles. The summed E-state index contributed by atoms with van der Waals surface area (Å²) in [7, 11) is 0. The summed E-state index contributed by atoms with van der Waals surface area (Å²) in [6.45, 7) is 0. The van der Waals surface area contributed by atoms with Gasteiger partial charge in [-0.1, -0.05) is 84.9 Å². The van der Waals surface area contributed by atoms with Crippen LogP contribution in [0.1, 0.15) is 11.1 Å². The van der Waals surface area contributed by atoms with E-state index >= 15 is 0 Å². The summed E-state index contributed by atoms with van der Waals surface area (Å²) in [5.74, 6) is 1.02. The van der Waals surface area contributed by atoms with Crippen molar-refractivity contribution >= 4 is 12.2 Å². The van der Waals surface area contributed by atoms with Crippen molar-refractivity contribution in [3.8, 4) is 39.9 Å². The standard InChI is InChI=1S/C30H21N5O/c1-3-7-25(8-4-1)29-32-33-30(36-29)26-19-15-23(16-20-26)12-11-22-13-17-24(18-14-22)28-21-31-35(34-28)27-9-5-2-6-10-27/h1-21H. The molecule has 0 aliphatic carbocycles. The summed E-state index contributed by atoms with van der Waals surface area (Å²) < 4.78 is 5.85. The van der Waals surface area contributed by atoms with Crippen LogP contribution in [0, 0.1) is 0 Å². The summed E-state index contributed by atoms with van der Waals surface area (Å²) in [4.78, 5) is 1.64. The van der Waals surface area contributed by atoms with Crippen molar-refractivity contribution in [1.82, 2.24) is 25.2 Å². The van der Waals surface area contributed by atoms with E-state index in [1.807, 2.05) is 84.9 Å². The molecule has 2 heterocycles. The lowest BCUT2D eigenvalue weighted by atomic mass is 10.1. The molecule has 0 spiro atoms. The fourth-order valence-electron chi connectivity index (χ4n) is 3.81. The summed E-state index contributed by atoms with van der Waals surface area (Å²) in [6, 6.07) is 35.9. The van der Waals surface area contributed by atoms with Gasteiger partial charge in [0, 0.05) is 16.7 Å². The van der Waals surface area contributed by atoms with Crippen LogP contribution in [-0.2, 0) is 0 Å². The number of hydrogen-bond donors (Lipinski definition) is 0. The molecule has 4 aromatic carbocycles. The van der Waals surface area contributed by atoms with Crippen LogP contribution >= 0.6 is 0 Å². The average Bonchev–Trinajstić information content (AvgIpc) is 3.65. The highest BCUT2D eigenvalue weighted by atomic mass is 16.4. The molecule has 2 aromatic heterocycles. The Hall–Kier alpha value is -5.10. The van der Waals surface area contributed by atoms with Gasteiger partial charge in [0.1, 0.15) is 5.69 Å². The van der Waals surface area contributed by atoms with Gasteiger partial charge in [0.2, 0.25) is 11.8 Å². The van der Waals surface area contributed by atoms with E-state index < -0.39 is 0 Å². The fourth-order valence-corrected chi connectivity index (χ4v) is 3.81. The third-order valence-electron chi connectivity index (χ3n) is 5.76. The lowest BCUT2D eigenvalue weighted by Crippen LogP contribution is -1.97. The molecular formula is C30H21N5O. The maximum absolute atomic E-state index is 5.85. The molecule has 6 nitrogen and oxygen atoms in total. The Kier molecular flexibility index (Phi) is 5.74. The lowest BCUT2D eigenvalue weighted by molar-refractivity contribution is 0.584. The van der Waals surface area contributed by atoms with E-state index in [0.29, 0.717) is 11.8 Å². The second kappa shape index (κ2) is 9.64. The van der Waals surface area contributed by atoms with Gasteiger partial charge in [0.05, 0.1) is 11.9 Å². The molecule has 0 aliphatic heterocycles. The Bertz CT molecular complexity index is 1480. The van der Waals surface area contributed by atoms with E-state index in [1.54, 1.807) is 11.0 Å². The number of benzene rings is 4. The maximum Gasteiger partial charge on any atom is 0.248 e. The van der Waals surface area contributed by atoms with Crippen molar-refractivity contribution in [1.29, 1.82) is 0 Å². The summed E-state index contributed by atoms with van der Waals surface area (Å²) in [5, 5.41) is 17.3. The molecule has 6 aromatic rings. The Morgan fingerprint density at radius 3 is 1.69 bits per heavy atom. The van der Waals surface area contributed by atoms with Crippen molar-refractivity contribution in [2.24, 2.45) is 0 Å². The van der Waals surface area contributed by atoms with E-state index in [-0.39, 0.29) is 0 Å². The highest BCUT2D eigenvalue weighted by Crippen LogP contribution is 2.24. The molecule has 0 amide bonds. The van der Waals surface area contributed by atoms with Crippen LogP contribution in [0.4, 0.5) is 0 Å². The SMILES string of the molecule is C(=Cc1ccc(-c2nnc(-c3ccccc3)o2)cc1)c1ccc(-c2cnn(-c3ccccc3)n2)cc1. The first-order valence-corrected chi connectivity index (χ1v) is 11.6. The molecule has 0 atom stereocenters. The van der Waals surface area contributed by atoms with Crippen LogP contribution in [-0.4, -0.2) is 25.2 Å². The molecule has 6 rings (SSSR count). The number of rotatable bonds is 6. The Balaban J connectivity index is 1.13. The number of aromatic nitrogens is 5. The van der Waals surface area contributed by atoms with Gasteiger partial charge in [0.25, 0.3) is 0 Å². The number of para-hydroxylation sites is 1. The predicted molar refractivity (Wildman–Crippen MR) is 141 cm³/mol. The third kappa shape index (κ3) is 4.60. The van der Waals surface area contributed by atoms with Crippen LogP contribution in [0.25, 0.3) is 52.0 Å². The summed E-state index contributed by atoms with van der Waals surface area (Å²) in [6.07, 6.45) is 5.94. The van der Waals surface area contributed by atoms with Gasteiger partial charge in [0.15, 0.2) is 0 Å². The van der Waals surface area contributed by atoms with E-state index in [0.717, 1.165) is 39.2 Å². The lowest BCUT2D eigenvalue weighted by Gasteiger charge is -2.00. The second-order valence-electron chi connectivity index (χ2n) is 8.21. The first-order valence-electron chi connectivity index (χ1n) is 11.6. The van der Waals surface area contributed by atoms with Crippen LogP contribution in [0.5, 0.6) is 0 Å². The molecular weight excluding hydrogens is 446 g/mol. The molecule has 0 radical (unpaired) electrons. The van der Waals surface area contributed by atoms with Crippen molar-refractivity contribution in [3.63, 3.8) is 0 Å². The fraction of sp³-hybridized carbons (Fsp3) is 0. The Morgan fingerprint density at radius 1 is 0.556 bits per heavy atom. The van der Waals surface area contributed by atoms with E-state index in [4.69, 9.17) is 4.42 Å². The van der Waals surface area contributed by atoms with Gasteiger partial charge in [-0.25, -0.2) is 0 Å². The zero-order valence-corrected chi connectivity index (χ0v) is 19.3. The molecule has 0 N–H and O–H groups in total. The molecule has 36 heavy (non-hydrogen) atoms. The smallest absolute Gasteiger partial charge is 0.248 e. The van der Waals surface area contributed by atoms with E-state index in [2.05, 4.69) is 56.8 Å². The van der Waals surface area contributed by atoms with Crippen LogP contribution in [0.2, 0.25) is 0 Å². The summed E-state index contributed by atoms with van der Waals surface area (Å²) in [5.41, 5.74) is 6.76. The minimum absolute atomic E-state index is 0.504. The Labute approximate surface area is 208 Å². The quantitative estimate of drug-likeness (QED) is 0.251. The Morgan fingerprint density at radius 2 is 1.08 bits per heavy atom. The van der Waals surface area contributed by atoms with Gasteiger partial charge in [-0.2, -0.15) is 9.90 Å². The normalized spacial score (nSPS) is 11.2. The minimum atomic E-state index is 0.504. The van der Waals surface area contributed by atoms with Crippen LogP contribution in [0.15, 0.2) is 120 Å². The number of hydrogen-bond acceptors (Lipinski definition) is 5. The molecule has 6 heteroatoms. The first kappa shape index (κ1) is 21.4. The molecule has 0 aliphatic rings. The van der Waals surface area contributed by atoms with Crippen molar-refractivity contribution in [3.05, 3.63) is 127 Å². The van der Waals surface area contributed by atoms with E-state index in [9.17, 15) is 0 Å². The first-order chi connectivity index (χ1) is 17.8. The largest absolute Gasteiger partial charge is 0.416 e. The zero-order chi connectivity index (χ0) is 24.2. The van der Waals surface area contributed by atoms with Crippen molar-refractivity contribution < 1.29 is 4.42 Å². The molecule has 0 saturated carbocycles. The minimum Gasteiger partial charge on any atom is -0.416 e. The van der Waals surface area contributed by atoms with Crippen molar-refractivity contribution in [2.75, 3.05) is 0 Å². The molecule has 0 bridgehead atoms. The highest BCUT2D eigenvalue weighted by Gasteiger charge is 2.10. The predicted octanol–water partition coefficient (Wildman–Crippen LogP) is 6.82. The maximum atomic E-state index is 5.85. The average molecular weight is 468 g/mol. The molecule has 172 valence electrons. The molecule has 0 fully saturated rings. The topological polar surface area (TPSA) is 69.6 Å². The van der Waals surface area contributed by atoms with Gasteiger partial charge in [-0.05, 0) is 47.5 Å². The van der Waals surface area contributed by atoms with Gasteiger partial charge in [-0.15, -0.1) is 15.3 Å².